The van der Waals surface area contributed by atoms with Crippen LogP contribution in [0.4, 0.5) is 11.4 Å². The van der Waals surface area contributed by atoms with Gasteiger partial charge in [-0.15, -0.1) is 0 Å². The number of nitrogens with zero attached hydrogens (tertiary/aromatic N) is 1. The molecule has 0 saturated carbocycles. The number of carbonyl (C=O) groups is 2. The predicted molar refractivity (Wildman–Crippen MR) is 94.6 cm³/mol. The first-order chi connectivity index (χ1) is 12.4. The van der Waals surface area contributed by atoms with E-state index >= 15 is 0 Å². The zero-order chi connectivity index (χ0) is 20.8. The van der Waals surface area contributed by atoms with Crippen molar-refractivity contribution in [2.45, 2.75) is 31.3 Å². The number of ether oxygens (including phenoxy) is 2. The summed E-state index contributed by atoms with van der Waals surface area (Å²) in [5, 5.41) is 13.6. The lowest BCUT2D eigenvalue weighted by Gasteiger charge is -2.19. The number of esters is 2. The van der Waals surface area contributed by atoms with Gasteiger partial charge >= 0.3 is 11.9 Å². The number of hydrogen-bond acceptors (Lipinski definition) is 9. The highest BCUT2D eigenvalue weighted by atomic mass is 32.2. The molecule has 11 nitrogen and oxygen atoms in total. The molecule has 0 aliphatic carbocycles. The number of hydrogen-bond donors (Lipinski definition) is 2. The van der Waals surface area contributed by atoms with Gasteiger partial charge in [-0.2, -0.15) is 4.72 Å². The molecule has 0 unspecified atom stereocenters. The van der Waals surface area contributed by atoms with Crippen LogP contribution in [0, 0.1) is 10.1 Å². The molecule has 27 heavy (non-hydrogen) atoms. The number of benzene rings is 1. The molecule has 0 aromatic heterocycles. The number of nitro benzene ring substituents is 1. The van der Waals surface area contributed by atoms with E-state index in [0.29, 0.717) is 0 Å². The van der Waals surface area contributed by atoms with E-state index in [1.807, 2.05) is 4.72 Å². The van der Waals surface area contributed by atoms with E-state index in [0.717, 1.165) is 12.1 Å². The van der Waals surface area contributed by atoms with E-state index in [9.17, 15) is 28.1 Å². The maximum Gasteiger partial charge on any atom is 0.344 e. The van der Waals surface area contributed by atoms with Gasteiger partial charge in [0.15, 0.2) is 6.61 Å². The molecule has 0 aliphatic heterocycles. The fraction of sp³-hybridized carbons (Fsp3) is 0.467. The van der Waals surface area contributed by atoms with Gasteiger partial charge in [-0.1, -0.05) is 0 Å². The summed E-state index contributed by atoms with van der Waals surface area (Å²) in [6.45, 7) is 3.49. The van der Waals surface area contributed by atoms with Gasteiger partial charge in [-0.05, 0) is 32.9 Å². The molecule has 0 spiro atoms. The first-order valence-electron chi connectivity index (χ1n) is 7.69. The summed E-state index contributed by atoms with van der Waals surface area (Å²) in [7, 11) is -2.75. The Morgan fingerprint density at radius 2 is 1.85 bits per heavy atom. The molecule has 0 aliphatic rings. The Morgan fingerprint density at radius 1 is 1.22 bits per heavy atom. The minimum Gasteiger partial charge on any atom is -0.457 e. The third-order valence-electron chi connectivity index (χ3n) is 2.92. The molecule has 0 saturated heterocycles. The van der Waals surface area contributed by atoms with Gasteiger partial charge in [-0.25, -0.2) is 13.2 Å². The van der Waals surface area contributed by atoms with Gasteiger partial charge in [0.25, 0.3) is 5.69 Å². The number of sulfonamides is 1. The van der Waals surface area contributed by atoms with E-state index in [-0.39, 0.29) is 5.69 Å². The highest BCUT2D eigenvalue weighted by molar-refractivity contribution is 7.89. The second-order valence-electron chi connectivity index (χ2n) is 6.26. The van der Waals surface area contributed by atoms with Crippen LogP contribution in [0.3, 0.4) is 0 Å². The molecular weight excluding hydrogens is 382 g/mol. The van der Waals surface area contributed by atoms with Crippen molar-refractivity contribution in [3.8, 4) is 0 Å². The Bertz CT molecular complexity index is 830. The molecule has 2 N–H and O–H groups in total. The highest BCUT2D eigenvalue weighted by Gasteiger charge is 2.22. The fourth-order valence-electron chi connectivity index (χ4n) is 1.84. The molecule has 0 bridgehead atoms. The normalized spacial score (nSPS) is 11.6. The predicted octanol–water partition coefficient (Wildman–Crippen LogP) is 0.800. The highest BCUT2D eigenvalue weighted by Crippen LogP contribution is 2.26. The van der Waals surface area contributed by atoms with Crippen LogP contribution >= 0.6 is 0 Å². The van der Waals surface area contributed by atoms with Crippen molar-refractivity contribution < 1.29 is 32.4 Å². The van der Waals surface area contributed by atoms with Crippen LogP contribution in [0.2, 0.25) is 0 Å². The minimum absolute atomic E-state index is 0.135. The van der Waals surface area contributed by atoms with Crippen LogP contribution in [-0.4, -0.2) is 51.1 Å². The Balaban J connectivity index is 2.71. The van der Waals surface area contributed by atoms with Crippen molar-refractivity contribution in [3.05, 3.63) is 28.3 Å². The number of rotatable bonds is 8. The molecule has 0 heterocycles. The summed E-state index contributed by atoms with van der Waals surface area (Å²) >= 11 is 0. The van der Waals surface area contributed by atoms with Crippen molar-refractivity contribution in [1.82, 2.24) is 4.72 Å². The molecule has 0 atom stereocenters. The quantitative estimate of drug-likeness (QED) is 0.364. The lowest BCUT2D eigenvalue weighted by Crippen LogP contribution is -2.33. The summed E-state index contributed by atoms with van der Waals surface area (Å²) in [5.41, 5.74) is -1.05. The summed E-state index contributed by atoms with van der Waals surface area (Å²) in [6.07, 6.45) is 0. The van der Waals surface area contributed by atoms with Crippen molar-refractivity contribution in [2.75, 3.05) is 25.5 Å². The molecule has 1 aromatic carbocycles. The summed E-state index contributed by atoms with van der Waals surface area (Å²) < 4.78 is 35.9. The van der Waals surface area contributed by atoms with Gasteiger partial charge in [-0.3, -0.25) is 14.9 Å². The standard InChI is InChI=1S/C15H21N3O8S/c1-15(2,3)26-14(20)9-25-13(19)8-17-27(23,24)10-5-6-11(16-4)12(7-10)18(21)22/h5-7,16-17H,8-9H2,1-4H3. The van der Waals surface area contributed by atoms with Crippen LogP contribution in [0.5, 0.6) is 0 Å². The maximum absolute atomic E-state index is 12.2. The molecule has 150 valence electrons. The van der Waals surface area contributed by atoms with Crippen molar-refractivity contribution in [2.24, 2.45) is 0 Å². The zero-order valence-electron chi connectivity index (χ0n) is 15.3. The monoisotopic (exact) mass is 403 g/mol. The van der Waals surface area contributed by atoms with Crippen molar-refractivity contribution in [1.29, 1.82) is 0 Å². The molecule has 0 radical (unpaired) electrons. The van der Waals surface area contributed by atoms with E-state index in [1.165, 1.54) is 13.1 Å². The van der Waals surface area contributed by atoms with Crippen LogP contribution < -0.4 is 10.0 Å². The lowest BCUT2D eigenvalue weighted by atomic mass is 10.2. The van der Waals surface area contributed by atoms with Gasteiger partial charge in [0.2, 0.25) is 10.0 Å². The summed E-state index contributed by atoms with van der Waals surface area (Å²) in [5.74, 6) is -1.79. The smallest absolute Gasteiger partial charge is 0.344 e. The molecular formula is C15H21N3O8S. The number of anilines is 1. The third-order valence-corrected chi connectivity index (χ3v) is 4.32. The Labute approximate surface area is 156 Å². The van der Waals surface area contributed by atoms with Crippen LogP contribution in [-0.2, 0) is 29.1 Å². The molecule has 1 aromatic rings. The topological polar surface area (TPSA) is 154 Å². The number of nitro groups is 1. The van der Waals surface area contributed by atoms with E-state index < -0.39 is 56.2 Å². The van der Waals surface area contributed by atoms with Gasteiger partial charge in [0, 0.05) is 13.1 Å². The Hall–Kier alpha value is -2.73. The Kier molecular flexibility index (Phi) is 7.25. The van der Waals surface area contributed by atoms with Crippen LogP contribution in [0.15, 0.2) is 23.1 Å². The average molecular weight is 403 g/mol. The largest absolute Gasteiger partial charge is 0.457 e. The summed E-state index contributed by atoms with van der Waals surface area (Å²) in [4.78, 5) is 32.9. The van der Waals surface area contributed by atoms with Crippen LogP contribution in [0.1, 0.15) is 20.8 Å². The first-order valence-corrected chi connectivity index (χ1v) is 9.17. The number of nitrogens with one attached hydrogen (secondary N) is 2. The number of carbonyl (C=O) groups excluding carboxylic acids is 2. The molecule has 1 rings (SSSR count). The second-order valence-corrected chi connectivity index (χ2v) is 8.02. The first kappa shape index (κ1) is 22.3. The van der Waals surface area contributed by atoms with Gasteiger partial charge < -0.3 is 14.8 Å². The lowest BCUT2D eigenvalue weighted by molar-refractivity contribution is -0.384. The van der Waals surface area contributed by atoms with E-state index in [4.69, 9.17) is 4.74 Å². The average Bonchev–Trinajstić information content (AvgIpc) is 2.56. The SMILES string of the molecule is CNc1ccc(S(=O)(=O)NCC(=O)OCC(=O)OC(C)(C)C)cc1[N+](=O)[O-]. The minimum atomic E-state index is -4.20. The maximum atomic E-state index is 12.2. The van der Waals surface area contributed by atoms with Crippen molar-refractivity contribution in [3.63, 3.8) is 0 Å². The summed E-state index contributed by atoms with van der Waals surface area (Å²) in [6, 6.07) is 3.24. The second kappa shape index (κ2) is 8.77. The third kappa shape index (κ3) is 7.19. The van der Waals surface area contributed by atoms with E-state index in [2.05, 4.69) is 10.1 Å². The van der Waals surface area contributed by atoms with Crippen molar-refractivity contribution >= 4 is 33.3 Å². The fourth-order valence-corrected chi connectivity index (χ4v) is 2.83. The molecule has 0 fully saturated rings. The zero-order valence-corrected chi connectivity index (χ0v) is 16.1. The van der Waals surface area contributed by atoms with Crippen LogP contribution in [0.25, 0.3) is 0 Å². The van der Waals surface area contributed by atoms with E-state index in [1.54, 1.807) is 20.8 Å². The Morgan fingerprint density at radius 3 is 2.37 bits per heavy atom. The molecule has 12 heteroatoms. The van der Waals surface area contributed by atoms with Gasteiger partial charge in [0.05, 0.1) is 9.82 Å². The molecule has 0 amide bonds. The van der Waals surface area contributed by atoms with Gasteiger partial charge in [0.1, 0.15) is 17.8 Å².